The molecule has 0 bridgehead atoms. The molecule has 37 heavy (non-hydrogen) atoms. The van der Waals surface area contributed by atoms with Crippen LogP contribution in [0, 0.1) is 6.92 Å². The molecule has 2 rings (SSSR count). The van der Waals surface area contributed by atoms with E-state index in [-0.39, 0.29) is 43.8 Å². The van der Waals surface area contributed by atoms with Crippen molar-refractivity contribution in [2.75, 3.05) is 17.1 Å². The number of halogens is 2. The number of hydrogen-bond donors (Lipinski definition) is 1. The minimum Gasteiger partial charge on any atom is -0.352 e. The Hall–Kier alpha value is -2.29. The zero-order valence-corrected chi connectivity index (χ0v) is 24.5. The van der Waals surface area contributed by atoms with Crippen LogP contribution in [0.3, 0.4) is 0 Å². The summed E-state index contributed by atoms with van der Waals surface area (Å²) in [7, 11) is -3.54. The Morgan fingerprint density at radius 2 is 1.68 bits per heavy atom. The molecule has 10 heteroatoms. The summed E-state index contributed by atoms with van der Waals surface area (Å²) in [4.78, 5) is 28.1. The van der Waals surface area contributed by atoms with Crippen LogP contribution in [0.5, 0.6) is 0 Å². The van der Waals surface area contributed by atoms with E-state index in [1.807, 2.05) is 39.8 Å². The van der Waals surface area contributed by atoms with Crippen LogP contribution in [-0.4, -0.2) is 50.0 Å². The molecule has 2 amide bonds. The second-order valence-electron chi connectivity index (χ2n) is 9.27. The maximum atomic E-state index is 13.5. The third kappa shape index (κ3) is 9.20. The zero-order valence-electron chi connectivity index (χ0n) is 22.1. The van der Waals surface area contributed by atoms with Crippen LogP contribution in [0.25, 0.3) is 0 Å². The Morgan fingerprint density at radius 3 is 2.22 bits per heavy atom. The van der Waals surface area contributed by atoms with Gasteiger partial charge in [0.05, 0.1) is 11.9 Å². The van der Waals surface area contributed by atoms with Crippen molar-refractivity contribution in [3.8, 4) is 0 Å². The number of nitrogens with one attached hydrogen (secondary N) is 1. The van der Waals surface area contributed by atoms with Crippen LogP contribution in [0.1, 0.15) is 57.6 Å². The molecule has 0 fully saturated rings. The fraction of sp³-hybridized carbons (Fsp3) is 0.481. The predicted molar refractivity (Wildman–Crippen MR) is 152 cm³/mol. The number of sulfonamides is 1. The molecule has 0 spiro atoms. The van der Waals surface area contributed by atoms with E-state index in [0.717, 1.165) is 18.2 Å². The topological polar surface area (TPSA) is 86.8 Å². The first-order valence-corrected chi connectivity index (χ1v) is 15.1. The van der Waals surface area contributed by atoms with Crippen LogP contribution in [0.2, 0.25) is 10.0 Å². The number of benzene rings is 2. The summed E-state index contributed by atoms with van der Waals surface area (Å²) in [5, 5.41) is 3.86. The minimum atomic E-state index is -3.54. The van der Waals surface area contributed by atoms with E-state index in [0.29, 0.717) is 27.7 Å². The second kappa shape index (κ2) is 14.0. The summed E-state index contributed by atoms with van der Waals surface area (Å²) in [5.41, 5.74) is 2.24. The Morgan fingerprint density at radius 1 is 1.03 bits per heavy atom. The molecule has 2 aromatic carbocycles. The first-order chi connectivity index (χ1) is 17.4. The third-order valence-corrected chi connectivity index (χ3v) is 8.00. The van der Waals surface area contributed by atoms with Crippen molar-refractivity contribution in [3.05, 3.63) is 63.6 Å². The number of amides is 2. The fourth-order valence-corrected chi connectivity index (χ4v) is 5.34. The van der Waals surface area contributed by atoms with Crippen molar-refractivity contribution in [1.82, 2.24) is 10.2 Å². The summed E-state index contributed by atoms with van der Waals surface area (Å²) >= 11 is 12.4. The molecule has 0 aliphatic carbocycles. The van der Waals surface area contributed by atoms with Gasteiger partial charge in [0.1, 0.15) is 6.04 Å². The van der Waals surface area contributed by atoms with E-state index in [1.54, 1.807) is 30.3 Å². The number of carbonyl (C=O) groups excluding carboxylic acids is 2. The lowest BCUT2D eigenvalue weighted by Gasteiger charge is -2.32. The van der Waals surface area contributed by atoms with Crippen LogP contribution in [-0.2, 0) is 26.2 Å². The molecule has 2 aromatic rings. The molecular formula is C27H37Cl2N3O4S. The molecule has 0 aliphatic rings. The molecule has 1 N–H and O–H groups in total. The van der Waals surface area contributed by atoms with Crippen LogP contribution in [0.15, 0.2) is 42.5 Å². The van der Waals surface area contributed by atoms with Crippen molar-refractivity contribution in [3.63, 3.8) is 0 Å². The van der Waals surface area contributed by atoms with Crippen LogP contribution < -0.4 is 9.62 Å². The third-order valence-electron chi connectivity index (χ3n) is 6.22. The molecule has 0 saturated carbocycles. The second-order valence-corrected chi connectivity index (χ2v) is 12.0. The van der Waals surface area contributed by atoms with Crippen LogP contribution >= 0.6 is 23.2 Å². The van der Waals surface area contributed by atoms with Gasteiger partial charge in [-0.15, -0.1) is 0 Å². The molecule has 2 unspecified atom stereocenters. The van der Waals surface area contributed by atoms with E-state index >= 15 is 0 Å². The van der Waals surface area contributed by atoms with E-state index in [1.165, 1.54) is 9.21 Å². The maximum absolute atomic E-state index is 13.5. The van der Waals surface area contributed by atoms with E-state index in [9.17, 15) is 18.0 Å². The van der Waals surface area contributed by atoms with Gasteiger partial charge in [0.2, 0.25) is 21.8 Å². The number of carbonyl (C=O) groups is 2. The SMILES string of the molecule is CCC(C)NC(=O)C(CC)N(Cc1ccc(Cl)cc1Cl)C(=O)CCCN(c1ccc(C)cc1)S(C)(=O)=O. The lowest BCUT2D eigenvalue weighted by Crippen LogP contribution is -2.50. The maximum Gasteiger partial charge on any atom is 0.243 e. The zero-order chi connectivity index (χ0) is 27.8. The number of nitrogens with zero attached hydrogens (tertiary/aromatic N) is 2. The summed E-state index contributed by atoms with van der Waals surface area (Å²) in [6.45, 7) is 7.94. The first-order valence-electron chi connectivity index (χ1n) is 12.5. The molecule has 0 heterocycles. The van der Waals surface area contributed by atoms with E-state index in [2.05, 4.69) is 5.32 Å². The summed E-state index contributed by atoms with van der Waals surface area (Å²) in [5.74, 6) is -0.484. The van der Waals surface area contributed by atoms with Crippen molar-refractivity contribution >= 4 is 50.7 Å². The van der Waals surface area contributed by atoms with Gasteiger partial charge in [-0.2, -0.15) is 0 Å². The number of aryl methyl sites for hydroxylation is 1. The molecule has 0 aromatic heterocycles. The molecule has 204 valence electrons. The van der Waals surface area contributed by atoms with Gasteiger partial charge in [0, 0.05) is 35.6 Å². The van der Waals surface area contributed by atoms with Crippen molar-refractivity contribution < 1.29 is 18.0 Å². The van der Waals surface area contributed by atoms with E-state index < -0.39 is 16.1 Å². The minimum absolute atomic E-state index is 0.0320. The van der Waals surface area contributed by atoms with Gasteiger partial charge in [0.15, 0.2) is 0 Å². The molecule has 2 atom stereocenters. The Kier molecular flexibility index (Phi) is 11.7. The standard InChI is InChI=1S/C27H37Cl2N3O4S/c1-6-20(4)30-27(34)25(7-2)31(18-21-12-13-22(28)17-24(21)29)26(33)9-8-16-32(37(5,35)36)23-14-10-19(3)11-15-23/h10-15,17,20,25H,6-9,16,18H2,1-5H3,(H,30,34). The first kappa shape index (κ1) is 30.9. The average Bonchev–Trinajstić information content (AvgIpc) is 2.82. The molecule has 0 radical (unpaired) electrons. The van der Waals surface area contributed by atoms with Gasteiger partial charge in [0.25, 0.3) is 0 Å². The highest BCUT2D eigenvalue weighted by Crippen LogP contribution is 2.25. The monoisotopic (exact) mass is 569 g/mol. The van der Waals surface area contributed by atoms with Crippen molar-refractivity contribution in [2.24, 2.45) is 0 Å². The number of rotatable bonds is 13. The number of hydrogen-bond acceptors (Lipinski definition) is 4. The average molecular weight is 571 g/mol. The van der Waals surface area contributed by atoms with Gasteiger partial charge in [-0.3, -0.25) is 13.9 Å². The van der Waals surface area contributed by atoms with Crippen molar-refractivity contribution in [1.29, 1.82) is 0 Å². The van der Waals surface area contributed by atoms with E-state index in [4.69, 9.17) is 23.2 Å². The van der Waals surface area contributed by atoms with Gasteiger partial charge in [-0.1, -0.05) is 60.8 Å². The normalized spacial score (nSPS) is 13.1. The largest absolute Gasteiger partial charge is 0.352 e. The highest BCUT2D eigenvalue weighted by Gasteiger charge is 2.30. The Bertz CT molecular complexity index is 1170. The Labute approximate surface area is 231 Å². The summed E-state index contributed by atoms with van der Waals surface area (Å²) in [6, 6.07) is 11.5. The van der Waals surface area contributed by atoms with Crippen molar-refractivity contribution in [2.45, 2.75) is 72.0 Å². The van der Waals surface area contributed by atoms with Gasteiger partial charge in [-0.05, 0) is 62.9 Å². The summed E-state index contributed by atoms with van der Waals surface area (Å²) < 4.78 is 26.2. The molecule has 7 nitrogen and oxygen atoms in total. The smallest absolute Gasteiger partial charge is 0.243 e. The fourth-order valence-electron chi connectivity index (χ4n) is 3.91. The predicted octanol–water partition coefficient (Wildman–Crippen LogP) is 5.57. The molecule has 0 aliphatic heterocycles. The highest BCUT2D eigenvalue weighted by atomic mass is 35.5. The summed E-state index contributed by atoms with van der Waals surface area (Å²) in [6.07, 6.45) is 2.68. The molecule has 0 saturated heterocycles. The number of anilines is 1. The molecular weight excluding hydrogens is 533 g/mol. The lowest BCUT2D eigenvalue weighted by atomic mass is 10.1. The Balaban J connectivity index is 2.25. The highest BCUT2D eigenvalue weighted by molar-refractivity contribution is 7.92. The van der Waals surface area contributed by atoms with Gasteiger partial charge >= 0.3 is 0 Å². The quantitative estimate of drug-likeness (QED) is 0.341. The lowest BCUT2D eigenvalue weighted by molar-refractivity contribution is -0.141. The van der Waals surface area contributed by atoms with Crippen LogP contribution in [0.4, 0.5) is 5.69 Å². The van der Waals surface area contributed by atoms with Gasteiger partial charge in [-0.25, -0.2) is 8.42 Å². The van der Waals surface area contributed by atoms with Gasteiger partial charge < -0.3 is 10.2 Å².